The van der Waals surface area contributed by atoms with Crippen molar-refractivity contribution in [2.75, 3.05) is 19.8 Å². The quantitative estimate of drug-likeness (QED) is 0.644. The molecular formula is C26H44O3. The standard InChI is InChI=1S/C26H44O3/c1-18(5-4-14-27)21-8-9-22-20-7-6-19-17-26(28-15-16-29-26)13-12-24(19,2)23(20)10-11-25(21,22)3/h18-23,27H,4-17H2,1-3H3/t18?,19?,20?,21-,22?,23?,24+,25-/m1/s1. The predicted molar refractivity (Wildman–Crippen MR) is 115 cm³/mol. The van der Waals surface area contributed by atoms with Gasteiger partial charge in [-0.05, 0) is 104 Å². The molecule has 1 heterocycles. The fraction of sp³-hybridized carbons (Fsp3) is 1.00. The Balaban J connectivity index is 1.33. The fourth-order valence-corrected chi connectivity index (χ4v) is 9.55. The Bertz CT molecular complexity index is 599. The highest BCUT2D eigenvalue weighted by molar-refractivity contribution is 5.10. The number of hydrogen-bond acceptors (Lipinski definition) is 3. The Labute approximate surface area is 178 Å². The first-order valence-corrected chi connectivity index (χ1v) is 12.8. The molecule has 1 spiro atoms. The van der Waals surface area contributed by atoms with Crippen LogP contribution in [-0.2, 0) is 9.47 Å². The van der Waals surface area contributed by atoms with Crippen molar-refractivity contribution in [2.24, 2.45) is 46.3 Å². The van der Waals surface area contributed by atoms with Gasteiger partial charge in [-0.1, -0.05) is 20.8 Å². The molecule has 0 aromatic heterocycles. The lowest BCUT2D eigenvalue weighted by Gasteiger charge is -2.62. The number of fused-ring (bicyclic) bond motifs is 5. The van der Waals surface area contributed by atoms with E-state index >= 15 is 0 Å². The van der Waals surface area contributed by atoms with Crippen molar-refractivity contribution < 1.29 is 14.6 Å². The van der Waals surface area contributed by atoms with Crippen LogP contribution in [0, 0.1) is 46.3 Å². The van der Waals surface area contributed by atoms with Crippen molar-refractivity contribution in [3.8, 4) is 0 Å². The van der Waals surface area contributed by atoms with E-state index in [-0.39, 0.29) is 5.79 Å². The minimum Gasteiger partial charge on any atom is -0.396 e. The minimum atomic E-state index is -0.221. The highest BCUT2D eigenvalue weighted by Gasteiger charge is 2.62. The summed E-state index contributed by atoms with van der Waals surface area (Å²) >= 11 is 0. The Morgan fingerprint density at radius 1 is 0.897 bits per heavy atom. The summed E-state index contributed by atoms with van der Waals surface area (Å²) in [6.45, 7) is 9.73. The molecule has 4 aliphatic carbocycles. The van der Waals surface area contributed by atoms with Crippen molar-refractivity contribution in [1.29, 1.82) is 0 Å². The van der Waals surface area contributed by atoms with Crippen LogP contribution in [-0.4, -0.2) is 30.7 Å². The van der Waals surface area contributed by atoms with Gasteiger partial charge in [0.25, 0.3) is 0 Å². The van der Waals surface area contributed by atoms with Gasteiger partial charge in [0.05, 0.1) is 13.2 Å². The van der Waals surface area contributed by atoms with Crippen LogP contribution in [0.4, 0.5) is 0 Å². The third-order valence-corrected chi connectivity index (χ3v) is 11.1. The largest absolute Gasteiger partial charge is 0.396 e. The lowest BCUT2D eigenvalue weighted by molar-refractivity contribution is -0.229. The van der Waals surface area contributed by atoms with E-state index < -0.39 is 0 Å². The lowest BCUT2D eigenvalue weighted by atomic mass is 9.44. The zero-order chi connectivity index (χ0) is 20.3. The van der Waals surface area contributed by atoms with Crippen molar-refractivity contribution in [3.05, 3.63) is 0 Å². The average Bonchev–Trinajstić information content (AvgIpc) is 3.31. The maximum absolute atomic E-state index is 9.31. The van der Waals surface area contributed by atoms with E-state index in [1.54, 1.807) is 0 Å². The minimum absolute atomic E-state index is 0.221. The summed E-state index contributed by atoms with van der Waals surface area (Å²) in [6.07, 6.45) is 14.4. The summed E-state index contributed by atoms with van der Waals surface area (Å²) in [7, 11) is 0. The number of hydrogen-bond donors (Lipinski definition) is 1. The molecule has 29 heavy (non-hydrogen) atoms. The first-order valence-electron chi connectivity index (χ1n) is 12.8. The zero-order valence-corrected chi connectivity index (χ0v) is 19.1. The third-order valence-electron chi connectivity index (χ3n) is 11.1. The van der Waals surface area contributed by atoms with E-state index in [0.29, 0.717) is 17.4 Å². The van der Waals surface area contributed by atoms with Gasteiger partial charge in [-0.2, -0.15) is 0 Å². The summed E-state index contributed by atoms with van der Waals surface area (Å²) in [5.74, 6) is 5.03. The lowest BCUT2D eigenvalue weighted by Crippen LogP contribution is -2.56. The molecule has 0 amide bonds. The van der Waals surface area contributed by atoms with Gasteiger partial charge in [-0.3, -0.25) is 0 Å². The van der Waals surface area contributed by atoms with Gasteiger partial charge >= 0.3 is 0 Å². The summed E-state index contributed by atoms with van der Waals surface area (Å²) in [5, 5.41) is 9.31. The zero-order valence-electron chi connectivity index (χ0n) is 19.1. The van der Waals surface area contributed by atoms with Gasteiger partial charge in [0, 0.05) is 19.4 Å². The van der Waals surface area contributed by atoms with Crippen LogP contribution in [0.1, 0.15) is 91.4 Å². The molecule has 166 valence electrons. The van der Waals surface area contributed by atoms with Crippen molar-refractivity contribution >= 4 is 0 Å². The molecule has 5 unspecified atom stereocenters. The second kappa shape index (κ2) is 7.48. The van der Waals surface area contributed by atoms with Crippen LogP contribution in [0.15, 0.2) is 0 Å². The molecular weight excluding hydrogens is 360 g/mol. The molecule has 4 saturated carbocycles. The third kappa shape index (κ3) is 3.16. The Morgan fingerprint density at radius 2 is 1.66 bits per heavy atom. The first kappa shape index (κ1) is 20.8. The molecule has 5 aliphatic rings. The molecule has 5 fully saturated rings. The molecule has 8 atom stereocenters. The van der Waals surface area contributed by atoms with Crippen LogP contribution in [0.5, 0.6) is 0 Å². The van der Waals surface area contributed by atoms with Crippen LogP contribution in [0.25, 0.3) is 0 Å². The van der Waals surface area contributed by atoms with Crippen LogP contribution in [0.3, 0.4) is 0 Å². The molecule has 5 rings (SSSR count). The highest BCUT2D eigenvalue weighted by Crippen LogP contribution is 2.69. The molecule has 3 heteroatoms. The van der Waals surface area contributed by atoms with E-state index in [1.165, 1.54) is 51.4 Å². The maximum Gasteiger partial charge on any atom is 0.168 e. The maximum atomic E-state index is 9.31. The fourth-order valence-electron chi connectivity index (χ4n) is 9.55. The highest BCUT2D eigenvalue weighted by atomic mass is 16.7. The van der Waals surface area contributed by atoms with E-state index in [1.807, 2.05) is 0 Å². The topological polar surface area (TPSA) is 38.7 Å². The summed E-state index contributed by atoms with van der Waals surface area (Å²) in [4.78, 5) is 0. The van der Waals surface area contributed by atoms with Crippen LogP contribution in [0.2, 0.25) is 0 Å². The van der Waals surface area contributed by atoms with E-state index in [9.17, 15) is 5.11 Å². The Morgan fingerprint density at radius 3 is 2.41 bits per heavy atom. The molecule has 3 nitrogen and oxygen atoms in total. The summed E-state index contributed by atoms with van der Waals surface area (Å²) in [5.41, 5.74) is 1.05. The molecule has 0 radical (unpaired) electrons. The van der Waals surface area contributed by atoms with Gasteiger partial charge in [0.2, 0.25) is 0 Å². The second-order valence-corrected chi connectivity index (χ2v) is 12.0. The predicted octanol–water partition coefficient (Wildman–Crippen LogP) is 5.80. The first-order chi connectivity index (χ1) is 13.9. The Kier molecular flexibility index (Phi) is 5.36. The number of aliphatic hydroxyl groups is 1. The van der Waals surface area contributed by atoms with E-state index in [0.717, 1.165) is 68.0 Å². The molecule has 1 saturated heterocycles. The van der Waals surface area contributed by atoms with Crippen molar-refractivity contribution in [2.45, 2.75) is 97.2 Å². The normalized spacial score (nSPS) is 49.4. The smallest absolute Gasteiger partial charge is 0.168 e. The summed E-state index contributed by atoms with van der Waals surface area (Å²) in [6, 6.07) is 0. The average molecular weight is 405 g/mol. The molecule has 1 aliphatic heterocycles. The van der Waals surface area contributed by atoms with Gasteiger partial charge in [0.1, 0.15) is 0 Å². The van der Waals surface area contributed by atoms with Crippen LogP contribution >= 0.6 is 0 Å². The number of ether oxygens (including phenoxy) is 2. The second-order valence-electron chi connectivity index (χ2n) is 12.0. The van der Waals surface area contributed by atoms with Gasteiger partial charge in [0.15, 0.2) is 5.79 Å². The van der Waals surface area contributed by atoms with Gasteiger partial charge in [-0.15, -0.1) is 0 Å². The number of aliphatic hydroxyl groups excluding tert-OH is 1. The summed E-state index contributed by atoms with van der Waals surface area (Å²) < 4.78 is 12.3. The van der Waals surface area contributed by atoms with E-state index in [4.69, 9.17) is 9.47 Å². The van der Waals surface area contributed by atoms with Crippen molar-refractivity contribution in [1.82, 2.24) is 0 Å². The van der Waals surface area contributed by atoms with Crippen LogP contribution < -0.4 is 0 Å². The van der Waals surface area contributed by atoms with Crippen molar-refractivity contribution in [3.63, 3.8) is 0 Å². The molecule has 0 aromatic carbocycles. The molecule has 1 N–H and O–H groups in total. The van der Waals surface area contributed by atoms with E-state index in [2.05, 4.69) is 20.8 Å². The van der Waals surface area contributed by atoms with Gasteiger partial charge < -0.3 is 14.6 Å². The number of rotatable bonds is 4. The monoisotopic (exact) mass is 404 g/mol. The molecule has 0 bridgehead atoms. The van der Waals surface area contributed by atoms with Gasteiger partial charge in [-0.25, -0.2) is 0 Å². The SMILES string of the molecule is CC(CCCO)[C@H]1CCC2C3CCC4CC5(CC[C@]4(C)C3CC[C@@]21C)OCCO5. The Hall–Kier alpha value is -0.120. The molecule has 0 aromatic rings.